The first-order valence-electron chi connectivity index (χ1n) is 9.39. The van der Waals surface area contributed by atoms with E-state index >= 15 is 0 Å². The van der Waals surface area contributed by atoms with Gasteiger partial charge in [-0.2, -0.15) is 8.78 Å². The van der Waals surface area contributed by atoms with E-state index < -0.39 is 17.8 Å². The van der Waals surface area contributed by atoms with Crippen LogP contribution in [0, 0.1) is 0 Å². The number of halogens is 2. The van der Waals surface area contributed by atoms with Crippen molar-refractivity contribution in [1.82, 2.24) is 10.2 Å². The summed E-state index contributed by atoms with van der Waals surface area (Å²) in [6.07, 6.45) is 1.49. The Labute approximate surface area is 185 Å². The summed E-state index contributed by atoms with van der Waals surface area (Å²) in [5.74, 6) is 0.149. The molecule has 2 aliphatic rings. The Morgan fingerprint density at radius 3 is 2.66 bits per heavy atom. The molecule has 0 spiro atoms. The van der Waals surface area contributed by atoms with E-state index in [0.717, 1.165) is 16.7 Å². The quantitative estimate of drug-likeness (QED) is 0.630. The Bertz CT molecular complexity index is 1090. The van der Waals surface area contributed by atoms with E-state index in [0.29, 0.717) is 22.6 Å². The van der Waals surface area contributed by atoms with Crippen molar-refractivity contribution in [2.75, 3.05) is 19.9 Å². The van der Waals surface area contributed by atoms with Crippen LogP contribution in [0.4, 0.5) is 13.6 Å². The van der Waals surface area contributed by atoms with Gasteiger partial charge >= 0.3 is 6.61 Å². The lowest BCUT2D eigenvalue weighted by Crippen LogP contribution is -2.37. The Kier molecular flexibility index (Phi) is 6.26. The summed E-state index contributed by atoms with van der Waals surface area (Å²) in [7, 11) is 0. The largest absolute Gasteiger partial charge is 0.454 e. The Morgan fingerprint density at radius 1 is 1.16 bits per heavy atom. The fourth-order valence-electron chi connectivity index (χ4n) is 3.01. The van der Waals surface area contributed by atoms with Crippen molar-refractivity contribution in [2.24, 2.45) is 0 Å². The number of rotatable bonds is 7. The molecule has 0 saturated carbocycles. The van der Waals surface area contributed by atoms with E-state index in [1.807, 2.05) is 0 Å². The van der Waals surface area contributed by atoms with Gasteiger partial charge in [0.25, 0.3) is 17.1 Å². The summed E-state index contributed by atoms with van der Waals surface area (Å²) >= 11 is 0.764. The second-order valence-electron chi connectivity index (χ2n) is 6.60. The van der Waals surface area contributed by atoms with Gasteiger partial charge in [-0.1, -0.05) is 12.1 Å². The maximum Gasteiger partial charge on any atom is 0.387 e. The summed E-state index contributed by atoms with van der Waals surface area (Å²) in [4.78, 5) is 38.3. The molecule has 11 heteroatoms. The zero-order valence-electron chi connectivity index (χ0n) is 16.4. The van der Waals surface area contributed by atoms with E-state index in [2.05, 4.69) is 10.1 Å². The minimum absolute atomic E-state index is 0.000531. The zero-order valence-corrected chi connectivity index (χ0v) is 17.2. The summed E-state index contributed by atoms with van der Waals surface area (Å²) in [5, 5.41) is 2.20. The van der Waals surface area contributed by atoms with Gasteiger partial charge in [0.2, 0.25) is 6.79 Å². The molecule has 0 unspecified atom stereocenters. The van der Waals surface area contributed by atoms with Crippen molar-refractivity contribution < 1.29 is 37.4 Å². The number of ether oxygens (including phenoxy) is 3. The molecule has 0 radical (unpaired) electrons. The molecule has 2 aliphatic heterocycles. The van der Waals surface area contributed by atoms with Gasteiger partial charge in [-0.05, 0) is 53.7 Å². The van der Waals surface area contributed by atoms with Gasteiger partial charge in [0, 0.05) is 18.7 Å². The lowest BCUT2D eigenvalue weighted by atomic mass is 10.2. The summed E-state index contributed by atoms with van der Waals surface area (Å²) < 4.78 is 39.2. The van der Waals surface area contributed by atoms with Gasteiger partial charge in [0.1, 0.15) is 5.75 Å². The van der Waals surface area contributed by atoms with E-state index in [4.69, 9.17) is 9.47 Å². The second kappa shape index (κ2) is 9.27. The first-order valence-corrected chi connectivity index (χ1v) is 10.2. The number of hydrogen-bond donors (Lipinski definition) is 1. The number of carbonyl (C=O) groups is 3. The molecule has 1 fully saturated rings. The van der Waals surface area contributed by atoms with Gasteiger partial charge in [-0.3, -0.25) is 19.3 Å². The van der Waals surface area contributed by atoms with Gasteiger partial charge in [-0.25, -0.2) is 0 Å². The highest BCUT2D eigenvalue weighted by Crippen LogP contribution is 2.33. The molecule has 1 N–H and O–H groups in total. The SMILES string of the molecule is O=C(NCCN1C(=O)S/C(=C\c2ccc(OC(F)F)cc2)C1=O)c1ccc2c(c1)OCO2. The number of fused-ring (bicyclic) bond motifs is 1. The molecular formula is C21H16F2N2O6S. The van der Waals surface area contributed by atoms with Crippen LogP contribution in [-0.2, 0) is 4.79 Å². The van der Waals surface area contributed by atoms with E-state index in [-0.39, 0.29) is 36.4 Å². The normalized spacial score (nSPS) is 16.2. The van der Waals surface area contributed by atoms with Crippen LogP contribution >= 0.6 is 11.8 Å². The first kappa shape index (κ1) is 21.6. The number of thioether (sulfide) groups is 1. The average Bonchev–Trinajstić information content (AvgIpc) is 3.33. The number of amides is 3. The third-order valence-corrected chi connectivity index (χ3v) is 5.44. The summed E-state index contributed by atoms with van der Waals surface area (Å²) in [5.41, 5.74) is 0.913. The molecule has 3 amide bonds. The smallest absolute Gasteiger partial charge is 0.387 e. The lowest BCUT2D eigenvalue weighted by Gasteiger charge is -2.13. The molecule has 32 heavy (non-hydrogen) atoms. The standard InChI is InChI=1S/C21H16F2N2O6S/c22-20(23)31-14-4-1-12(2-5-14)9-17-19(27)25(21(28)32-17)8-7-24-18(26)13-3-6-15-16(10-13)30-11-29-15/h1-6,9-10,20H,7-8,11H2,(H,24,26)/b17-9-. The third kappa shape index (κ3) is 4.83. The molecule has 2 aromatic carbocycles. The van der Waals surface area contributed by atoms with Crippen LogP contribution in [0.1, 0.15) is 15.9 Å². The van der Waals surface area contributed by atoms with Crippen molar-refractivity contribution in [2.45, 2.75) is 6.61 Å². The minimum Gasteiger partial charge on any atom is -0.454 e. The van der Waals surface area contributed by atoms with Crippen LogP contribution in [0.25, 0.3) is 6.08 Å². The fourth-order valence-corrected chi connectivity index (χ4v) is 3.88. The Balaban J connectivity index is 1.33. The predicted octanol–water partition coefficient (Wildman–Crippen LogP) is 3.48. The number of benzene rings is 2. The summed E-state index contributed by atoms with van der Waals surface area (Å²) in [6, 6.07) is 10.4. The first-order chi connectivity index (χ1) is 15.4. The maximum absolute atomic E-state index is 12.6. The third-order valence-electron chi connectivity index (χ3n) is 4.53. The van der Waals surface area contributed by atoms with Gasteiger partial charge in [0.05, 0.1) is 4.91 Å². The summed E-state index contributed by atoms with van der Waals surface area (Å²) in [6.45, 7) is -2.76. The number of alkyl halides is 2. The number of nitrogens with zero attached hydrogens (tertiary/aromatic N) is 1. The molecule has 2 heterocycles. The second-order valence-corrected chi connectivity index (χ2v) is 7.60. The zero-order chi connectivity index (χ0) is 22.7. The van der Waals surface area contributed by atoms with Crippen LogP contribution in [0.2, 0.25) is 0 Å². The highest BCUT2D eigenvalue weighted by molar-refractivity contribution is 8.18. The Hall–Kier alpha value is -3.60. The van der Waals surface area contributed by atoms with Crippen LogP contribution < -0.4 is 19.5 Å². The van der Waals surface area contributed by atoms with Crippen LogP contribution in [0.15, 0.2) is 47.4 Å². The molecule has 0 aromatic heterocycles. The lowest BCUT2D eigenvalue weighted by molar-refractivity contribution is -0.122. The van der Waals surface area contributed by atoms with Crippen molar-refractivity contribution in [3.63, 3.8) is 0 Å². The molecule has 2 aromatic rings. The monoisotopic (exact) mass is 462 g/mol. The molecule has 8 nitrogen and oxygen atoms in total. The minimum atomic E-state index is -2.93. The highest BCUT2D eigenvalue weighted by Gasteiger charge is 2.34. The topological polar surface area (TPSA) is 94.2 Å². The van der Waals surface area contributed by atoms with E-state index in [1.54, 1.807) is 18.2 Å². The predicted molar refractivity (Wildman–Crippen MR) is 111 cm³/mol. The van der Waals surface area contributed by atoms with Crippen LogP contribution in [0.5, 0.6) is 17.2 Å². The molecule has 1 saturated heterocycles. The molecular weight excluding hydrogens is 446 g/mol. The molecule has 4 rings (SSSR count). The fraction of sp³-hybridized carbons (Fsp3) is 0.190. The number of imide groups is 1. The van der Waals surface area contributed by atoms with Crippen molar-refractivity contribution >= 4 is 34.9 Å². The van der Waals surface area contributed by atoms with Crippen LogP contribution in [0.3, 0.4) is 0 Å². The Morgan fingerprint density at radius 2 is 1.91 bits per heavy atom. The van der Waals surface area contributed by atoms with Crippen molar-refractivity contribution in [3.8, 4) is 17.2 Å². The molecule has 0 bridgehead atoms. The molecule has 0 atom stereocenters. The molecule has 166 valence electrons. The highest BCUT2D eigenvalue weighted by atomic mass is 32.2. The van der Waals surface area contributed by atoms with Gasteiger partial charge < -0.3 is 19.5 Å². The number of nitrogens with one attached hydrogen (secondary N) is 1. The van der Waals surface area contributed by atoms with Crippen molar-refractivity contribution in [1.29, 1.82) is 0 Å². The molecule has 0 aliphatic carbocycles. The van der Waals surface area contributed by atoms with Crippen molar-refractivity contribution in [3.05, 3.63) is 58.5 Å². The van der Waals surface area contributed by atoms with Gasteiger partial charge in [-0.15, -0.1) is 0 Å². The van der Waals surface area contributed by atoms with E-state index in [1.165, 1.54) is 30.3 Å². The van der Waals surface area contributed by atoms with E-state index in [9.17, 15) is 23.2 Å². The number of hydrogen-bond acceptors (Lipinski definition) is 7. The van der Waals surface area contributed by atoms with Crippen LogP contribution in [-0.4, -0.2) is 48.4 Å². The average molecular weight is 462 g/mol. The number of carbonyl (C=O) groups excluding carboxylic acids is 3. The van der Waals surface area contributed by atoms with Gasteiger partial charge in [0.15, 0.2) is 11.5 Å². The maximum atomic E-state index is 12.6.